The highest BCUT2D eigenvalue weighted by atomic mass is 127. The summed E-state index contributed by atoms with van der Waals surface area (Å²) in [5, 5.41) is 7.22. The summed E-state index contributed by atoms with van der Waals surface area (Å²) in [7, 11) is 3.40. The van der Waals surface area contributed by atoms with Crippen LogP contribution in [0, 0.1) is 5.92 Å². The molecule has 0 spiro atoms. The van der Waals surface area contributed by atoms with Crippen LogP contribution in [0.2, 0.25) is 5.02 Å². The Bertz CT molecular complexity index is 525. The summed E-state index contributed by atoms with van der Waals surface area (Å²) in [6, 6.07) is 5.62. The Hall–Kier alpha value is -0.730. The van der Waals surface area contributed by atoms with E-state index >= 15 is 0 Å². The first-order valence-corrected chi connectivity index (χ1v) is 8.45. The number of aliphatic imine (C=N–C) groups is 1. The molecule has 1 saturated carbocycles. The van der Waals surface area contributed by atoms with E-state index < -0.39 is 0 Å². The Balaban J connectivity index is 0.00000288. The van der Waals surface area contributed by atoms with Gasteiger partial charge in [-0.1, -0.05) is 17.7 Å². The van der Waals surface area contributed by atoms with E-state index in [0.717, 1.165) is 49.4 Å². The number of methoxy groups -OCH3 is 1. The summed E-state index contributed by atoms with van der Waals surface area (Å²) >= 11 is 5.97. The van der Waals surface area contributed by atoms with Gasteiger partial charge in [0, 0.05) is 43.9 Å². The third kappa shape index (κ3) is 7.90. The second-order valence-electron chi connectivity index (χ2n) is 5.68. The largest absolute Gasteiger partial charge is 0.496 e. The molecule has 1 aliphatic carbocycles. The molecule has 0 amide bonds. The van der Waals surface area contributed by atoms with Gasteiger partial charge < -0.3 is 20.1 Å². The van der Waals surface area contributed by atoms with E-state index in [9.17, 15) is 0 Å². The zero-order valence-electron chi connectivity index (χ0n) is 14.3. The molecule has 1 aromatic carbocycles. The van der Waals surface area contributed by atoms with Crippen molar-refractivity contribution >= 4 is 41.5 Å². The van der Waals surface area contributed by atoms with E-state index in [-0.39, 0.29) is 24.0 Å². The van der Waals surface area contributed by atoms with Crippen LogP contribution in [0.3, 0.4) is 0 Å². The highest BCUT2D eigenvalue weighted by Crippen LogP contribution is 2.28. The summed E-state index contributed by atoms with van der Waals surface area (Å²) in [6.45, 7) is 3.18. The van der Waals surface area contributed by atoms with Crippen molar-refractivity contribution in [2.75, 3.05) is 33.9 Å². The number of halogens is 2. The maximum Gasteiger partial charge on any atom is 0.191 e. The molecule has 0 bridgehead atoms. The Labute approximate surface area is 166 Å². The van der Waals surface area contributed by atoms with Crippen molar-refractivity contribution in [2.45, 2.75) is 25.8 Å². The van der Waals surface area contributed by atoms with Crippen LogP contribution in [-0.4, -0.2) is 39.9 Å². The van der Waals surface area contributed by atoms with Crippen LogP contribution >= 0.6 is 35.6 Å². The smallest absolute Gasteiger partial charge is 0.191 e. The minimum absolute atomic E-state index is 0. The number of benzene rings is 1. The normalized spacial score (nSPS) is 14.0. The number of hydrogen-bond acceptors (Lipinski definition) is 3. The predicted octanol–water partition coefficient (Wildman–Crippen LogP) is 3.45. The molecule has 0 atom stereocenters. The van der Waals surface area contributed by atoms with Gasteiger partial charge in [0.1, 0.15) is 5.75 Å². The van der Waals surface area contributed by atoms with Gasteiger partial charge in [-0.2, -0.15) is 0 Å². The molecule has 2 N–H and O–H groups in total. The molecule has 2 rings (SSSR count). The maximum atomic E-state index is 5.97. The van der Waals surface area contributed by atoms with Crippen LogP contribution in [0.25, 0.3) is 0 Å². The lowest BCUT2D eigenvalue weighted by Gasteiger charge is -2.14. The highest BCUT2D eigenvalue weighted by molar-refractivity contribution is 14.0. The van der Waals surface area contributed by atoms with E-state index in [1.54, 1.807) is 14.2 Å². The number of ether oxygens (including phenoxy) is 2. The van der Waals surface area contributed by atoms with Gasteiger partial charge in [0.15, 0.2) is 5.96 Å². The molecule has 0 saturated heterocycles. The van der Waals surface area contributed by atoms with Crippen molar-refractivity contribution in [1.82, 2.24) is 10.6 Å². The molecule has 0 aliphatic heterocycles. The maximum absolute atomic E-state index is 5.97. The first kappa shape index (κ1) is 21.3. The fourth-order valence-corrected chi connectivity index (χ4v) is 2.34. The second-order valence-corrected chi connectivity index (χ2v) is 6.12. The van der Waals surface area contributed by atoms with Crippen LogP contribution < -0.4 is 15.4 Å². The average molecular weight is 468 g/mol. The molecule has 0 aromatic heterocycles. The number of nitrogens with zero attached hydrogens (tertiary/aromatic N) is 1. The van der Waals surface area contributed by atoms with Gasteiger partial charge >= 0.3 is 0 Å². The van der Waals surface area contributed by atoms with E-state index in [4.69, 9.17) is 21.1 Å². The lowest BCUT2D eigenvalue weighted by Crippen LogP contribution is -2.37. The van der Waals surface area contributed by atoms with Gasteiger partial charge in [-0.25, -0.2) is 0 Å². The molecular weight excluding hydrogens is 441 g/mol. The molecule has 24 heavy (non-hydrogen) atoms. The molecule has 0 heterocycles. The third-order valence-corrected chi connectivity index (χ3v) is 3.96. The summed E-state index contributed by atoms with van der Waals surface area (Å²) in [5.74, 6) is 2.37. The lowest BCUT2D eigenvalue weighted by molar-refractivity contribution is 0.123. The zero-order chi connectivity index (χ0) is 16.5. The minimum atomic E-state index is 0. The van der Waals surface area contributed by atoms with Crippen LogP contribution in [0.5, 0.6) is 5.75 Å². The molecule has 0 unspecified atom stereocenters. The van der Waals surface area contributed by atoms with Gasteiger partial charge in [-0.3, -0.25) is 4.99 Å². The first-order valence-electron chi connectivity index (χ1n) is 8.07. The highest BCUT2D eigenvalue weighted by Gasteiger charge is 2.20. The second kappa shape index (κ2) is 11.8. The van der Waals surface area contributed by atoms with E-state index in [0.29, 0.717) is 11.6 Å². The number of nitrogens with one attached hydrogen (secondary N) is 2. The third-order valence-electron chi connectivity index (χ3n) is 3.73. The van der Waals surface area contributed by atoms with Crippen molar-refractivity contribution < 1.29 is 9.47 Å². The topological polar surface area (TPSA) is 54.9 Å². The van der Waals surface area contributed by atoms with Gasteiger partial charge in [0.05, 0.1) is 7.11 Å². The SMILES string of the molecule is CN=C(NCCCOCC1CC1)NCc1ccc(Cl)cc1OC.I. The minimum Gasteiger partial charge on any atom is -0.496 e. The average Bonchev–Trinajstić information content (AvgIpc) is 3.38. The molecule has 136 valence electrons. The summed E-state index contributed by atoms with van der Waals surface area (Å²) in [6.07, 6.45) is 3.64. The van der Waals surface area contributed by atoms with Crippen LogP contribution in [-0.2, 0) is 11.3 Å². The van der Waals surface area contributed by atoms with E-state index in [1.807, 2.05) is 18.2 Å². The van der Waals surface area contributed by atoms with Crippen molar-refractivity contribution in [1.29, 1.82) is 0 Å². The van der Waals surface area contributed by atoms with E-state index in [2.05, 4.69) is 15.6 Å². The van der Waals surface area contributed by atoms with Crippen LogP contribution in [0.15, 0.2) is 23.2 Å². The molecule has 7 heteroatoms. The fourth-order valence-electron chi connectivity index (χ4n) is 2.18. The molecule has 1 aliphatic rings. The Morgan fingerprint density at radius 3 is 2.79 bits per heavy atom. The van der Waals surface area contributed by atoms with Gasteiger partial charge in [0.25, 0.3) is 0 Å². The Morgan fingerprint density at radius 1 is 1.33 bits per heavy atom. The predicted molar refractivity (Wildman–Crippen MR) is 110 cm³/mol. The molecule has 5 nitrogen and oxygen atoms in total. The zero-order valence-corrected chi connectivity index (χ0v) is 17.4. The Kier molecular flexibility index (Phi) is 10.4. The molecule has 1 fully saturated rings. The lowest BCUT2D eigenvalue weighted by atomic mass is 10.2. The monoisotopic (exact) mass is 467 g/mol. The standard InChI is InChI=1S/C17H26ClN3O2.HI/c1-19-17(20-8-3-9-23-12-13-4-5-13)21-11-14-6-7-15(18)10-16(14)22-2;/h6-7,10,13H,3-5,8-9,11-12H2,1-2H3,(H2,19,20,21);1H. The van der Waals surface area contributed by atoms with Crippen molar-refractivity contribution in [2.24, 2.45) is 10.9 Å². The van der Waals surface area contributed by atoms with Crippen LogP contribution in [0.4, 0.5) is 0 Å². The summed E-state index contributed by atoms with van der Waals surface area (Å²) in [4.78, 5) is 4.22. The first-order chi connectivity index (χ1) is 11.2. The Morgan fingerprint density at radius 2 is 2.12 bits per heavy atom. The number of hydrogen-bond donors (Lipinski definition) is 2. The van der Waals surface area contributed by atoms with Gasteiger partial charge in [-0.05, 0) is 37.3 Å². The van der Waals surface area contributed by atoms with Crippen molar-refractivity contribution in [3.63, 3.8) is 0 Å². The summed E-state index contributed by atoms with van der Waals surface area (Å²) < 4.78 is 11.0. The van der Waals surface area contributed by atoms with Crippen LogP contribution in [0.1, 0.15) is 24.8 Å². The molecule has 1 aromatic rings. The number of rotatable bonds is 9. The van der Waals surface area contributed by atoms with E-state index in [1.165, 1.54) is 12.8 Å². The van der Waals surface area contributed by atoms with Crippen molar-refractivity contribution in [3.8, 4) is 5.75 Å². The fraction of sp³-hybridized carbons (Fsp3) is 0.588. The number of guanidine groups is 1. The van der Waals surface area contributed by atoms with Crippen molar-refractivity contribution in [3.05, 3.63) is 28.8 Å². The molecule has 0 radical (unpaired) electrons. The van der Waals surface area contributed by atoms with Gasteiger partial charge in [0.2, 0.25) is 0 Å². The molecular formula is C17H27ClIN3O2. The quantitative estimate of drug-likeness (QED) is 0.253. The summed E-state index contributed by atoms with van der Waals surface area (Å²) in [5.41, 5.74) is 1.03. The van der Waals surface area contributed by atoms with Gasteiger partial charge in [-0.15, -0.1) is 24.0 Å².